The van der Waals surface area contributed by atoms with Crippen LogP contribution in [-0.2, 0) is 0 Å². The number of benzene rings is 8. The molecule has 0 saturated heterocycles. The molecule has 8 aromatic carbocycles. The SMILES string of the molecule is c1cc(-c2ccccc2-c2ccccc2-c2cccc(-c3cccc4c3oc3ccccc34)c2)cc(-c2cccc3c2oc2ccccc23)c1. The van der Waals surface area contributed by atoms with E-state index in [1.165, 1.54) is 22.3 Å². The summed E-state index contributed by atoms with van der Waals surface area (Å²) >= 11 is 0. The van der Waals surface area contributed by atoms with Crippen molar-refractivity contribution < 1.29 is 8.83 Å². The number of hydrogen-bond donors (Lipinski definition) is 0. The van der Waals surface area contributed by atoms with Gasteiger partial charge in [0, 0.05) is 32.7 Å². The minimum absolute atomic E-state index is 0.909. The summed E-state index contributed by atoms with van der Waals surface area (Å²) in [6.07, 6.45) is 0. The van der Waals surface area contributed by atoms with Crippen molar-refractivity contribution in [1.29, 1.82) is 0 Å². The Labute approximate surface area is 289 Å². The molecule has 0 bridgehead atoms. The number of furan rings is 2. The Morgan fingerprint density at radius 3 is 1.02 bits per heavy atom. The molecular formula is C48H30O2. The Hall–Kier alpha value is -6.64. The van der Waals surface area contributed by atoms with E-state index in [-0.39, 0.29) is 0 Å². The topological polar surface area (TPSA) is 26.3 Å². The molecule has 0 aliphatic carbocycles. The molecule has 0 aliphatic rings. The second kappa shape index (κ2) is 11.5. The van der Waals surface area contributed by atoms with E-state index in [1.54, 1.807) is 0 Å². The van der Waals surface area contributed by atoms with Crippen LogP contribution in [0.3, 0.4) is 0 Å². The number of hydrogen-bond acceptors (Lipinski definition) is 2. The van der Waals surface area contributed by atoms with Crippen molar-refractivity contribution in [3.8, 4) is 55.6 Å². The summed E-state index contributed by atoms with van der Waals surface area (Å²) < 4.78 is 12.8. The fourth-order valence-corrected chi connectivity index (χ4v) is 7.60. The fraction of sp³-hybridized carbons (Fsp3) is 0. The Bertz CT molecular complexity index is 2690. The van der Waals surface area contributed by atoms with E-state index in [4.69, 9.17) is 8.83 Å². The standard InChI is InChI=1S/C48H30O2/c1-3-19-39(35(17-1)31-13-9-15-33(29-31)37-23-11-25-43-41-21-5-7-27-45(41)49-47(37)43)40-20-4-2-18-36(40)32-14-10-16-34(30-32)38-24-12-26-44-42-22-6-8-28-46(42)50-48(38)44/h1-30H. The Balaban J connectivity index is 1.08. The van der Waals surface area contributed by atoms with Crippen molar-refractivity contribution in [3.63, 3.8) is 0 Å². The van der Waals surface area contributed by atoms with Crippen molar-refractivity contribution in [1.82, 2.24) is 0 Å². The van der Waals surface area contributed by atoms with Gasteiger partial charge in [-0.25, -0.2) is 0 Å². The predicted molar refractivity (Wildman–Crippen MR) is 208 cm³/mol. The molecule has 0 unspecified atom stereocenters. The molecule has 10 rings (SSSR count). The molecule has 0 N–H and O–H groups in total. The smallest absolute Gasteiger partial charge is 0.143 e. The van der Waals surface area contributed by atoms with Crippen LogP contribution in [0.4, 0.5) is 0 Å². The summed E-state index contributed by atoms with van der Waals surface area (Å²) in [5, 5.41) is 4.55. The van der Waals surface area contributed by atoms with Crippen LogP contribution in [0.1, 0.15) is 0 Å². The van der Waals surface area contributed by atoms with Gasteiger partial charge < -0.3 is 8.83 Å². The van der Waals surface area contributed by atoms with E-state index >= 15 is 0 Å². The highest BCUT2D eigenvalue weighted by Gasteiger charge is 2.17. The van der Waals surface area contributed by atoms with Crippen LogP contribution in [0, 0.1) is 0 Å². The number of para-hydroxylation sites is 4. The molecule has 2 heterocycles. The van der Waals surface area contributed by atoms with Gasteiger partial charge in [0.1, 0.15) is 22.3 Å². The minimum atomic E-state index is 0.909. The Morgan fingerprint density at radius 1 is 0.240 bits per heavy atom. The lowest BCUT2D eigenvalue weighted by Gasteiger charge is -2.16. The first-order chi connectivity index (χ1) is 24.8. The second-order valence-electron chi connectivity index (χ2n) is 12.8. The molecular weight excluding hydrogens is 609 g/mol. The van der Waals surface area contributed by atoms with Crippen LogP contribution in [0.5, 0.6) is 0 Å². The van der Waals surface area contributed by atoms with Gasteiger partial charge in [-0.3, -0.25) is 0 Å². The van der Waals surface area contributed by atoms with E-state index < -0.39 is 0 Å². The molecule has 2 nitrogen and oxygen atoms in total. The normalized spacial score (nSPS) is 11.6. The van der Waals surface area contributed by atoms with Crippen molar-refractivity contribution in [2.24, 2.45) is 0 Å². The third-order valence-electron chi connectivity index (χ3n) is 9.92. The van der Waals surface area contributed by atoms with E-state index in [2.05, 4.69) is 158 Å². The number of rotatable bonds is 5. The van der Waals surface area contributed by atoms with Gasteiger partial charge in [-0.05, 0) is 68.8 Å². The summed E-state index contributed by atoms with van der Waals surface area (Å²) in [5.41, 5.74) is 15.2. The summed E-state index contributed by atoms with van der Waals surface area (Å²) in [6, 6.07) is 64.5. The lowest BCUT2D eigenvalue weighted by molar-refractivity contribution is 0.669. The first-order valence-electron chi connectivity index (χ1n) is 17.0. The quantitative estimate of drug-likeness (QED) is 0.187. The third kappa shape index (κ3) is 4.57. The van der Waals surface area contributed by atoms with Crippen molar-refractivity contribution in [2.75, 3.05) is 0 Å². The monoisotopic (exact) mass is 638 g/mol. The average Bonchev–Trinajstić information content (AvgIpc) is 3.77. The Morgan fingerprint density at radius 2 is 0.560 bits per heavy atom. The van der Waals surface area contributed by atoms with Crippen LogP contribution in [0.25, 0.3) is 99.5 Å². The molecule has 2 heteroatoms. The van der Waals surface area contributed by atoms with Gasteiger partial charge >= 0.3 is 0 Å². The van der Waals surface area contributed by atoms with Crippen molar-refractivity contribution in [3.05, 3.63) is 182 Å². The van der Waals surface area contributed by atoms with Gasteiger partial charge in [0.15, 0.2) is 0 Å². The fourth-order valence-electron chi connectivity index (χ4n) is 7.60. The van der Waals surface area contributed by atoms with Crippen LogP contribution in [0.2, 0.25) is 0 Å². The molecule has 0 aliphatic heterocycles. The Kier molecular flexibility index (Phi) is 6.53. The van der Waals surface area contributed by atoms with E-state index in [0.717, 1.165) is 77.3 Å². The minimum Gasteiger partial charge on any atom is -0.455 e. The molecule has 0 radical (unpaired) electrons. The zero-order valence-electron chi connectivity index (χ0n) is 27.1. The van der Waals surface area contributed by atoms with Crippen molar-refractivity contribution in [2.45, 2.75) is 0 Å². The van der Waals surface area contributed by atoms with Crippen LogP contribution in [0.15, 0.2) is 191 Å². The van der Waals surface area contributed by atoms with Gasteiger partial charge in [-0.1, -0.05) is 158 Å². The van der Waals surface area contributed by atoms with Gasteiger partial charge in [0.25, 0.3) is 0 Å². The largest absolute Gasteiger partial charge is 0.455 e. The molecule has 0 atom stereocenters. The molecule has 234 valence electrons. The lowest BCUT2D eigenvalue weighted by atomic mass is 9.88. The average molecular weight is 639 g/mol. The highest BCUT2D eigenvalue weighted by atomic mass is 16.3. The lowest BCUT2D eigenvalue weighted by Crippen LogP contribution is -1.90. The molecule has 0 saturated carbocycles. The van der Waals surface area contributed by atoms with Crippen molar-refractivity contribution >= 4 is 43.9 Å². The number of fused-ring (bicyclic) bond motifs is 6. The predicted octanol–water partition coefficient (Wildman–Crippen LogP) is 13.8. The second-order valence-corrected chi connectivity index (χ2v) is 12.8. The molecule has 50 heavy (non-hydrogen) atoms. The zero-order chi connectivity index (χ0) is 33.0. The zero-order valence-corrected chi connectivity index (χ0v) is 27.1. The van der Waals surface area contributed by atoms with E-state index in [0.29, 0.717) is 0 Å². The summed E-state index contributed by atoms with van der Waals surface area (Å²) in [7, 11) is 0. The van der Waals surface area contributed by atoms with E-state index in [1.807, 2.05) is 24.3 Å². The van der Waals surface area contributed by atoms with Crippen LogP contribution in [-0.4, -0.2) is 0 Å². The highest BCUT2D eigenvalue weighted by molar-refractivity contribution is 6.11. The molecule has 0 spiro atoms. The van der Waals surface area contributed by atoms with Gasteiger partial charge in [0.05, 0.1) is 0 Å². The molecule has 10 aromatic rings. The van der Waals surface area contributed by atoms with E-state index in [9.17, 15) is 0 Å². The summed E-state index contributed by atoms with van der Waals surface area (Å²) in [5.74, 6) is 0. The summed E-state index contributed by atoms with van der Waals surface area (Å²) in [6.45, 7) is 0. The van der Waals surface area contributed by atoms with Crippen LogP contribution < -0.4 is 0 Å². The van der Waals surface area contributed by atoms with Gasteiger partial charge in [0.2, 0.25) is 0 Å². The van der Waals surface area contributed by atoms with Gasteiger partial charge in [-0.15, -0.1) is 0 Å². The summed E-state index contributed by atoms with van der Waals surface area (Å²) in [4.78, 5) is 0. The maximum absolute atomic E-state index is 6.42. The molecule has 2 aromatic heterocycles. The maximum Gasteiger partial charge on any atom is 0.143 e. The first-order valence-corrected chi connectivity index (χ1v) is 17.0. The molecule has 0 fully saturated rings. The first kappa shape index (κ1) is 28.4. The third-order valence-corrected chi connectivity index (χ3v) is 9.92. The molecule has 0 amide bonds. The van der Waals surface area contributed by atoms with Gasteiger partial charge in [-0.2, -0.15) is 0 Å². The maximum atomic E-state index is 6.42. The highest BCUT2D eigenvalue weighted by Crippen LogP contribution is 2.42. The van der Waals surface area contributed by atoms with Crippen LogP contribution >= 0.6 is 0 Å².